The van der Waals surface area contributed by atoms with Crippen LogP contribution < -0.4 is 10.1 Å². The number of anilines is 1. The zero-order valence-corrected chi connectivity index (χ0v) is 16.2. The van der Waals surface area contributed by atoms with Crippen molar-refractivity contribution in [1.29, 1.82) is 0 Å². The predicted molar refractivity (Wildman–Crippen MR) is 103 cm³/mol. The number of hydrogen-bond donors (Lipinski definition) is 1. The lowest BCUT2D eigenvalue weighted by molar-refractivity contribution is -0.116. The number of hydrogen-bond acceptors (Lipinski definition) is 5. The van der Waals surface area contributed by atoms with Crippen LogP contribution in [0.2, 0.25) is 0 Å². The molecule has 2 aromatic rings. The molecule has 7 nitrogen and oxygen atoms in total. The lowest BCUT2D eigenvalue weighted by Gasteiger charge is -2.20. The van der Waals surface area contributed by atoms with Crippen LogP contribution in [-0.2, 0) is 14.8 Å². The molecule has 0 aromatic heterocycles. The van der Waals surface area contributed by atoms with Crippen molar-refractivity contribution in [2.24, 2.45) is 0 Å². The molecule has 0 saturated heterocycles. The molecule has 0 spiro atoms. The highest BCUT2D eigenvalue weighted by Crippen LogP contribution is 2.19. The summed E-state index contributed by atoms with van der Waals surface area (Å²) < 4.78 is 31.7. The van der Waals surface area contributed by atoms with Gasteiger partial charge in [-0.1, -0.05) is 25.1 Å². The number of ketones is 1. The van der Waals surface area contributed by atoms with Gasteiger partial charge < -0.3 is 10.1 Å². The third-order valence-corrected chi connectivity index (χ3v) is 5.86. The molecule has 0 fully saturated rings. The van der Waals surface area contributed by atoms with Crippen LogP contribution in [0.4, 0.5) is 5.69 Å². The molecule has 27 heavy (non-hydrogen) atoms. The van der Waals surface area contributed by atoms with E-state index in [0.29, 0.717) is 17.0 Å². The minimum atomic E-state index is -3.86. The SMILES string of the molecule is CCN(CC(=O)Nc1cccc(OC)c1)S(=O)(=O)c1ccc(C(C)=O)cc1. The molecule has 144 valence electrons. The number of carbonyl (C=O) groups is 2. The Morgan fingerprint density at radius 3 is 2.33 bits per heavy atom. The van der Waals surface area contributed by atoms with Crippen LogP contribution in [0.3, 0.4) is 0 Å². The molecule has 0 aliphatic carbocycles. The van der Waals surface area contributed by atoms with Gasteiger partial charge in [0.05, 0.1) is 18.6 Å². The van der Waals surface area contributed by atoms with E-state index in [1.807, 2.05) is 0 Å². The molecule has 1 amide bonds. The van der Waals surface area contributed by atoms with Crippen LogP contribution >= 0.6 is 0 Å². The Kier molecular flexibility index (Phi) is 6.70. The summed E-state index contributed by atoms with van der Waals surface area (Å²) in [4.78, 5) is 23.7. The smallest absolute Gasteiger partial charge is 0.243 e. The average molecular weight is 390 g/mol. The van der Waals surface area contributed by atoms with E-state index in [9.17, 15) is 18.0 Å². The zero-order chi connectivity index (χ0) is 20.0. The normalized spacial score (nSPS) is 11.3. The Morgan fingerprint density at radius 1 is 1.11 bits per heavy atom. The van der Waals surface area contributed by atoms with Gasteiger partial charge in [-0.05, 0) is 31.2 Å². The summed E-state index contributed by atoms with van der Waals surface area (Å²) in [6.07, 6.45) is 0. The summed E-state index contributed by atoms with van der Waals surface area (Å²) in [5.41, 5.74) is 0.936. The van der Waals surface area contributed by atoms with Crippen molar-refractivity contribution in [1.82, 2.24) is 4.31 Å². The van der Waals surface area contributed by atoms with E-state index in [4.69, 9.17) is 4.74 Å². The molecule has 2 rings (SSSR count). The highest BCUT2D eigenvalue weighted by atomic mass is 32.2. The Hall–Kier alpha value is -2.71. The monoisotopic (exact) mass is 390 g/mol. The number of carbonyl (C=O) groups excluding carboxylic acids is 2. The zero-order valence-electron chi connectivity index (χ0n) is 15.4. The van der Waals surface area contributed by atoms with Crippen molar-refractivity contribution in [3.8, 4) is 5.75 Å². The van der Waals surface area contributed by atoms with Crippen molar-refractivity contribution >= 4 is 27.4 Å². The van der Waals surface area contributed by atoms with Crippen LogP contribution in [0, 0.1) is 0 Å². The van der Waals surface area contributed by atoms with E-state index in [1.54, 1.807) is 31.2 Å². The van der Waals surface area contributed by atoms with Gasteiger partial charge in [0.15, 0.2) is 5.78 Å². The maximum absolute atomic E-state index is 12.8. The van der Waals surface area contributed by atoms with Gasteiger partial charge in [0, 0.05) is 23.9 Å². The second-order valence-electron chi connectivity index (χ2n) is 5.79. The standard InChI is InChI=1S/C19H22N2O5S/c1-4-21(13-19(23)20-16-6-5-7-17(12-16)26-3)27(24,25)18-10-8-15(9-11-18)14(2)22/h5-12H,4,13H2,1-3H3,(H,20,23). The van der Waals surface area contributed by atoms with Gasteiger partial charge in [-0.3, -0.25) is 9.59 Å². The lowest BCUT2D eigenvalue weighted by Crippen LogP contribution is -2.37. The fraction of sp³-hybridized carbons (Fsp3) is 0.263. The molecule has 8 heteroatoms. The number of rotatable bonds is 8. The number of benzene rings is 2. The number of methoxy groups -OCH3 is 1. The minimum absolute atomic E-state index is 0.0310. The number of Topliss-reactive ketones (excluding diaryl/α,β-unsaturated/α-hetero) is 1. The molecular formula is C19H22N2O5S. The van der Waals surface area contributed by atoms with Crippen LogP contribution in [0.25, 0.3) is 0 Å². The fourth-order valence-corrected chi connectivity index (χ4v) is 3.84. The maximum atomic E-state index is 12.8. The van der Waals surface area contributed by atoms with E-state index in [-0.39, 0.29) is 23.8 Å². The summed E-state index contributed by atoms with van der Waals surface area (Å²) in [6.45, 7) is 2.86. The summed E-state index contributed by atoms with van der Waals surface area (Å²) in [6, 6.07) is 12.4. The number of sulfonamides is 1. The highest BCUT2D eigenvalue weighted by Gasteiger charge is 2.25. The first-order chi connectivity index (χ1) is 12.8. The third kappa shape index (κ3) is 5.15. The first-order valence-electron chi connectivity index (χ1n) is 8.33. The molecule has 0 atom stereocenters. The molecular weight excluding hydrogens is 368 g/mol. The van der Waals surface area contributed by atoms with Crippen LogP contribution in [0.5, 0.6) is 5.75 Å². The topological polar surface area (TPSA) is 92.8 Å². The second-order valence-corrected chi connectivity index (χ2v) is 7.73. The number of nitrogens with zero attached hydrogens (tertiary/aromatic N) is 1. The molecule has 0 bridgehead atoms. The lowest BCUT2D eigenvalue weighted by atomic mass is 10.2. The number of amides is 1. The van der Waals surface area contributed by atoms with Gasteiger partial charge in [0.25, 0.3) is 0 Å². The van der Waals surface area contributed by atoms with Crippen molar-refractivity contribution in [3.63, 3.8) is 0 Å². The number of ether oxygens (including phenoxy) is 1. The number of likely N-dealkylation sites (N-methyl/N-ethyl adjacent to an activating group) is 1. The molecule has 0 saturated carbocycles. The predicted octanol–water partition coefficient (Wildman–Crippen LogP) is 2.55. The molecule has 0 aliphatic heterocycles. The molecule has 1 N–H and O–H groups in total. The molecule has 0 radical (unpaired) electrons. The van der Waals surface area contributed by atoms with Gasteiger partial charge in [-0.25, -0.2) is 8.42 Å². The van der Waals surface area contributed by atoms with Crippen LogP contribution in [-0.4, -0.2) is 44.6 Å². The minimum Gasteiger partial charge on any atom is -0.497 e. The van der Waals surface area contributed by atoms with E-state index in [2.05, 4.69) is 5.32 Å². The van der Waals surface area contributed by atoms with Crippen molar-refractivity contribution in [2.75, 3.05) is 25.5 Å². The van der Waals surface area contributed by atoms with Gasteiger partial charge >= 0.3 is 0 Å². The van der Waals surface area contributed by atoms with Gasteiger partial charge in [0.1, 0.15) is 5.75 Å². The van der Waals surface area contributed by atoms with Gasteiger partial charge in [0.2, 0.25) is 15.9 Å². The van der Waals surface area contributed by atoms with Crippen molar-refractivity contribution < 1.29 is 22.7 Å². The molecule has 0 unspecified atom stereocenters. The summed E-state index contributed by atoms with van der Waals surface area (Å²) in [5.74, 6) is -0.0312. The average Bonchev–Trinajstić information content (AvgIpc) is 2.66. The first kappa shape index (κ1) is 20.6. The Balaban J connectivity index is 2.14. The summed E-state index contributed by atoms with van der Waals surface area (Å²) in [5, 5.41) is 2.66. The van der Waals surface area contributed by atoms with Gasteiger partial charge in [-0.15, -0.1) is 0 Å². The first-order valence-corrected chi connectivity index (χ1v) is 9.77. The Morgan fingerprint density at radius 2 is 1.78 bits per heavy atom. The largest absolute Gasteiger partial charge is 0.497 e. The Labute approximate surface area is 159 Å². The fourth-order valence-electron chi connectivity index (χ4n) is 2.44. The molecule has 0 aliphatic rings. The molecule has 2 aromatic carbocycles. The summed E-state index contributed by atoms with van der Waals surface area (Å²) >= 11 is 0. The van der Waals surface area contributed by atoms with E-state index in [0.717, 1.165) is 4.31 Å². The quantitative estimate of drug-likeness (QED) is 0.699. The van der Waals surface area contributed by atoms with Crippen molar-refractivity contribution in [2.45, 2.75) is 18.7 Å². The van der Waals surface area contributed by atoms with Crippen molar-refractivity contribution in [3.05, 3.63) is 54.1 Å². The second kappa shape index (κ2) is 8.79. The maximum Gasteiger partial charge on any atom is 0.243 e. The van der Waals surface area contributed by atoms with E-state index >= 15 is 0 Å². The van der Waals surface area contributed by atoms with Gasteiger partial charge in [-0.2, -0.15) is 4.31 Å². The molecule has 0 heterocycles. The van der Waals surface area contributed by atoms with E-state index < -0.39 is 15.9 Å². The number of nitrogens with one attached hydrogen (secondary N) is 1. The highest BCUT2D eigenvalue weighted by molar-refractivity contribution is 7.89. The van der Waals surface area contributed by atoms with Crippen LogP contribution in [0.1, 0.15) is 24.2 Å². The van der Waals surface area contributed by atoms with Crippen LogP contribution in [0.15, 0.2) is 53.4 Å². The Bertz CT molecular complexity index is 923. The third-order valence-electron chi connectivity index (χ3n) is 3.92. The summed E-state index contributed by atoms with van der Waals surface area (Å²) in [7, 11) is -2.34. The van der Waals surface area contributed by atoms with E-state index in [1.165, 1.54) is 38.3 Å².